The minimum atomic E-state index is 0.970. The van der Waals surface area contributed by atoms with Gasteiger partial charge in [0.1, 0.15) is 3.70 Å². The first kappa shape index (κ1) is 5.55. The quantitative estimate of drug-likeness (QED) is 0.717. The SMILES string of the molecule is Brc1c[nH]nc1I. The molecule has 0 atom stereocenters. The zero-order chi connectivity index (χ0) is 5.28. The smallest absolute Gasteiger partial charge is 0.137 e. The van der Waals surface area contributed by atoms with Crippen LogP contribution in [0.25, 0.3) is 0 Å². The van der Waals surface area contributed by atoms with E-state index in [9.17, 15) is 0 Å². The van der Waals surface area contributed by atoms with E-state index in [2.05, 4.69) is 48.7 Å². The molecule has 4 heteroatoms. The van der Waals surface area contributed by atoms with Crippen molar-refractivity contribution in [2.24, 2.45) is 0 Å². The standard InChI is InChI=1S/C3H2BrIN2/c4-2-1-6-7-3(2)5/h1H,(H,6,7). The molecule has 1 rings (SSSR count). The van der Waals surface area contributed by atoms with E-state index >= 15 is 0 Å². The Bertz CT molecular complexity index is 145. The fourth-order valence-electron chi connectivity index (χ4n) is 0.259. The fraction of sp³-hybridized carbons (Fsp3) is 0. The Kier molecular flexibility index (Phi) is 1.69. The maximum Gasteiger partial charge on any atom is 0.137 e. The Morgan fingerprint density at radius 1 is 1.86 bits per heavy atom. The largest absolute Gasteiger partial charge is 0.283 e. The maximum atomic E-state index is 3.83. The molecule has 0 saturated heterocycles. The molecule has 0 aliphatic heterocycles. The summed E-state index contributed by atoms with van der Waals surface area (Å²) in [4.78, 5) is 0. The first-order valence-corrected chi connectivity index (χ1v) is 3.52. The summed E-state index contributed by atoms with van der Waals surface area (Å²) >= 11 is 5.39. The lowest BCUT2D eigenvalue weighted by Crippen LogP contribution is -1.65. The van der Waals surface area contributed by atoms with Gasteiger partial charge in [-0.3, -0.25) is 5.10 Å². The van der Waals surface area contributed by atoms with E-state index in [-0.39, 0.29) is 0 Å². The van der Waals surface area contributed by atoms with Gasteiger partial charge in [-0.25, -0.2) is 0 Å². The lowest BCUT2D eigenvalue weighted by atomic mass is 10.8. The molecule has 0 aliphatic carbocycles. The summed E-state index contributed by atoms with van der Waals surface area (Å²) in [6, 6.07) is 0. The van der Waals surface area contributed by atoms with Gasteiger partial charge in [0.15, 0.2) is 0 Å². The highest BCUT2D eigenvalue weighted by molar-refractivity contribution is 14.1. The summed E-state index contributed by atoms with van der Waals surface area (Å²) in [6.07, 6.45) is 1.79. The number of rotatable bonds is 0. The Balaban J connectivity index is 3.12. The van der Waals surface area contributed by atoms with Crippen LogP contribution in [-0.2, 0) is 0 Å². The molecule has 1 aromatic rings. The third kappa shape index (κ3) is 1.16. The molecule has 0 radical (unpaired) electrons. The van der Waals surface area contributed by atoms with E-state index < -0.39 is 0 Å². The summed E-state index contributed by atoms with van der Waals surface area (Å²) in [5.74, 6) is 0. The van der Waals surface area contributed by atoms with Crippen molar-refractivity contribution in [1.82, 2.24) is 10.2 Å². The topological polar surface area (TPSA) is 28.7 Å². The number of hydrogen-bond donors (Lipinski definition) is 1. The van der Waals surface area contributed by atoms with Gasteiger partial charge in [-0.15, -0.1) is 0 Å². The van der Waals surface area contributed by atoms with Gasteiger partial charge < -0.3 is 0 Å². The van der Waals surface area contributed by atoms with E-state index in [0.29, 0.717) is 0 Å². The van der Waals surface area contributed by atoms with Gasteiger partial charge in [-0.1, -0.05) is 0 Å². The highest BCUT2D eigenvalue weighted by atomic mass is 127. The zero-order valence-corrected chi connectivity index (χ0v) is 7.02. The molecular weight excluding hydrogens is 271 g/mol. The van der Waals surface area contributed by atoms with Gasteiger partial charge >= 0.3 is 0 Å². The van der Waals surface area contributed by atoms with Crippen LogP contribution in [0.5, 0.6) is 0 Å². The molecule has 0 unspecified atom stereocenters. The Morgan fingerprint density at radius 2 is 2.57 bits per heavy atom. The molecule has 0 fully saturated rings. The van der Waals surface area contributed by atoms with Crippen molar-refractivity contribution in [3.63, 3.8) is 0 Å². The van der Waals surface area contributed by atoms with Gasteiger partial charge in [-0.2, -0.15) is 5.10 Å². The minimum absolute atomic E-state index is 0.970. The summed E-state index contributed by atoms with van der Waals surface area (Å²) in [6.45, 7) is 0. The summed E-state index contributed by atoms with van der Waals surface area (Å²) in [7, 11) is 0. The lowest BCUT2D eigenvalue weighted by molar-refractivity contribution is 1.07. The van der Waals surface area contributed by atoms with Crippen LogP contribution >= 0.6 is 38.5 Å². The molecule has 0 amide bonds. The predicted molar refractivity (Wildman–Crippen MR) is 39.0 cm³/mol. The molecule has 7 heavy (non-hydrogen) atoms. The van der Waals surface area contributed by atoms with E-state index in [1.165, 1.54) is 0 Å². The number of aromatic amines is 1. The molecule has 1 aromatic heterocycles. The van der Waals surface area contributed by atoms with Crippen molar-refractivity contribution in [3.05, 3.63) is 14.4 Å². The molecule has 1 N–H and O–H groups in total. The van der Waals surface area contributed by atoms with E-state index in [1.807, 2.05) is 0 Å². The van der Waals surface area contributed by atoms with E-state index in [4.69, 9.17) is 0 Å². The number of aromatic nitrogens is 2. The van der Waals surface area contributed by atoms with Crippen LogP contribution in [0.15, 0.2) is 10.7 Å². The average molecular weight is 273 g/mol. The Labute approximate surface area is 63.0 Å². The van der Waals surface area contributed by atoms with Crippen LogP contribution in [0.3, 0.4) is 0 Å². The summed E-state index contributed by atoms with van der Waals surface area (Å²) < 4.78 is 1.99. The van der Waals surface area contributed by atoms with Gasteiger partial charge in [0.2, 0.25) is 0 Å². The minimum Gasteiger partial charge on any atom is -0.283 e. The zero-order valence-electron chi connectivity index (χ0n) is 3.28. The van der Waals surface area contributed by atoms with Crippen LogP contribution in [0.1, 0.15) is 0 Å². The number of halogens is 2. The first-order chi connectivity index (χ1) is 3.30. The van der Waals surface area contributed by atoms with Crippen LogP contribution in [0.4, 0.5) is 0 Å². The van der Waals surface area contributed by atoms with Gasteiger partial charge in [0, 0.05) is 6.20 Å². The van der Waals surface area contributed by atoms with Crippen molar-refractivity contribution in [2.45, 2.75) is 0 Å². The molecule has 0 saturated carbocycles. The van der Waals surface area contributed by atoms with Crippen molar-refractivity contribution >= 4 is 38.5 Å². The Morgan fingerprint density at radius 3 is 2.71 bits per heavy atom. The summed E-state index contributed by atoms with van der Waals surface area (Å²) in [5.41, 5.74) is 0. The average Bonchev–Trinajstić information content (AvgIpc) is 1.91. The summed E-state index contributed by atoms with van der Waals surface area (Å²) in [5, 5.41) is 6.52. The first-order valence-electron chi connectivity index (χ1n) is 1.65. The van der Waals surface area contributed by atoms with E-state index in [1.54, 1.807) is 6.20 Å². The highest BCUT2D eigenvalue weighted by Gasteiger charge is 1.92. The second-order valence-corrected chi connectivity index (χ2v) is 2.90. The highest BCUT2D eigenvalue weighted by Crippen LogP contribution is 2.13. The molecule has 38 valence electrons. The van der Waals surface area contributed by atoms with Crippen molar-refractivity contribution in [2.75, 3.05) is 0 Å². The lowest BCUT2D eigenvalue weighted by Gasteiger charge is -1.71. The third-order valence-electron chi connectivity index (χ3n) is 0.551. The maximum absolute atomic E-state index is 3.83. The van der Waals surface area contributed by atoms with Gasteiger partial charge in [0.05, 0.1) is 4.47 Å². The molecule has 1 heterocycles. The molecule has 2 nitrogen and oxygen atoms in total. The predicted octanol–water partition coefficient (Wildman–Crippen LogP) is 1.78. The monoisotopic (exact) mass is 272 g/mol. The van der Waals surface area contributed by atoms with Crippen molar-refractivity contribution < 1.29 is 0 Å². The number of nitrogens with one attached hydrogen (secondary N) is 1. The Hall–Kier alpha value is 0.420. The van der Waals surface area contributed by atoms with Gasteiger partial charge in [0.25, 0.3) is 0 Å². The second kappa shape index (κ2) is 2.13. The van der Waals surface area contributed by atoms with Gasteiger partial charge in [-0.05, 0) is 38.5 Å². The molecule has 0 aliphatic rings. The third-order valence-corrected chi connectivity index (χ3v) is 2.72. The fourth-order valence-corrected chi connectivity index (χ4v) is 0.745. The van der Waals surface area contributed by atoms with Crippen LogP contribution in [0, 0.1) is 3.70 Å². The molecule has 0 aromatic carbocycles. The number of H-pyrrole nitrogens is 1. The van der Waals surface area contributed by atoms with Crippen LogP contribution in [0.2, 0.25) is 0 Å². The van der Waals surface area contributed by atoms with Crippen LogP contribution < -0.4 is 0 Å². The van der Waals surface area contributed by atoms with Crippen LogP contribution in [-0.4, -0.2) is 10.2 Å². The number of hydrogen-bond acceptors (Lipinski definition) is 1. The van der Waals surface area contributed by atoms with E-state index in [0.717, 1.165) is 8.17 Å². The van der Waals surface area contributed by atoms with Crippen molar-refractivity contribution in [3.8, 4) is 0 Å². The molecule has 0 spiro atoms. The van der Waals surface area contributed by atoms with Crippen molar-refractivity contribution in [1.29, 1.82) is 0 Å². The second-order valence-electron chi connectivity index (χ2n) is 1.02. The molecule has 0 bridgehead atoms. The number of nitrogens with zero attached hydrogens (tertiary/aromatic N) is 1. The molecular formula is C3H2BrIN2. The normalized spacial score (nSPS) is 9.43.